The summed E-state index contributed by atoms with van der Waals surface area (Å²) in [6.45, 7) is 0. The molecule has 22 heavy (non-hydrogen) atoms. The summed E-state index contributed by atoms with van der Waals surface area (Å²) < 4.78 is 15.7. The first-order chi connectivity index (χ1) is 10.7. The molecule has 2 rings (SSSR count). The van der Waals surface area contributed by atoms with Gasteiger partial charge in [0.2, 0.25) is 5.78 Å². The molecule has 0 N–H and O–H groups in total. The van der Waals surface area contributed by atoms with Crippen LogP contribution in [0.2, 0.25) is 0 Å². The molecule has 0 amide bonds. The molecule has 0 aliphatic rings. The van der Waals surface area contributed by atoms with E-state index in [1.165, 1.54) is 27.5 Å². The first kappa shape index (κ1) is 15.4. The third-order valence-electron chi connectivity index (χ3n) is 2.94. The highest BCUT2D eigenvalue weighted by Crippen LogP contribution is 2.34. The van der Waals surface area contributed by atoms with E-state index in [-0.39, 0.29) is 5.78 Å². The highest BCUT2D eigenvalue weighted by atomic mass is 16.5. The van der Waals surface area contributed by atoms with Gasteiger partial charge in [-0.1, -0.05) is 5.92 Å². The van der Waals surface area contributed by atoms with Crippen LogP contribution in [-0.4, -0.2) is 32.1 Å². The SMILES string of the molecule is COc1cc(OC)c(OC)cc1C#CC(=O)c1cccnc1. The summed E-state index contributed by atoms with van der Waals surface area (Å²) in [7, 11) is 4.59. The van der Waals surface area contributed by atoms with Gasteiger partial charge in [-0.05, 0) is 18.1 Å². The molecule has 0 aliphatic carbocycles. The van der Waals surface area contributed by atoms with Crippen molar-refractivity contribution < 1.29 is 19.0 Å². The van der Waals surface area contributed by atoms with Crippen molar-refractivity contribution in [3.05, 3.63) is 47.8 Å². The maximum Gasteiger partial charge on any atom is 0.237 e. The van der Waals surface area contributed by atoms with Crippen LogP contribution in [0, 0.1) is 11.8 Å². The molecule has 0 saturated heterocycles. The van der Waals surface area contributed by atoms with Crippen molar-refractivity contribution in [2.75, 3.05) is 21.3 Å². The highest BCUT2D eigenvalue weighted by Gasteiger charge is 2.10. The van der Waals surface area contributed by atoms with Gasteiger partial charge in [0.1, 0.15) is 5.75 Å². The number of aromatic nitrogens is 1. The van der Waals surface area contributed by atoms with Crippen molar-refractivity contribution in [1.82, 2.24) is 4.98 Å². The Kier molecular flexibility index (Phi) is 4.99. The van der Waals surface area contributed by atoms with E-state index in [9.17, 15) is 4.79 Å². The maximum atomic E-state index is 12.0. The Balaban J connectivity index is 2.37. The van der Waals surface area contributed by atoms with Crippen LogP contribution in [0.5, 0.6) is 17.2 Å². The summed E-state index contributed by atoms with van der Waals surface area (Å²) in [5.74, 6) is 6.61. The summed E-state index contributed by atoms with van der Waals surface area (Å²) in [5, 5.41) is 0. The number of pyridine rings is 1. The molecule has 1 heterocycles. The van der Waals surface area contributed by atoms with Crippen LogP contribution >= 0.6 is 0 Å². The van der Waals surface area contributed by atoms with Crippen molar-refractivity contribution in [3.8, 4) is 29.1 Å². The van der Waals surface area contributed by atoms with Gasteiger partial charge >= 0.3 is 0 Å². The zero-order valence-corrected chi connectivity index (χ0v) is 12.5. The number of rotatable bonds is 4. The third kappa shape index (κ3) is 3.36. The van der Waals surface area contributed by atoms with E-state index in [1.54, 1.807) is 30.5 Å². The van der Waals surface area contributed by atoms with Crippen molar-refractivity contribution in [1.29, 1.82) is 0 Å². The molecule has 0 fully saturated rings. The predicted molar refractivity (Wildman–Crippen MR) is 81.5 cm³/mol. The summed E-state index contributed by atoms with van der Waals surface area (Å²) >= 11 is 0. The average Bonchev–Trinajstić information content (AvgIpc) is 2.59. The number of Topliss-reactive ketones (excluding diaryl/α,β-unsaturated/α-hetero) is 1. The summed E-state index contributed by atoms with van der Waals surface area (Å²) in [4.78, 5) is 15.9. The van der Waals surface area contributed by atoms with E-state index in [1.807, 2.05) is 0 Å². The lowest BCUT2D eigenvalue weighted by molar-refractivity contribution is 0.105. The Bertz CT molecular complexity index is 730. The molecular formula is C17H15NO4. The maximum absolute atomic E-state index is 12.0. The molecule has 5 nitrogen and oxygen atoms in total. The number of ether oxygens (including phenoxy) is 3. The standard InChI is InChI=1S/C17H15NO4/c1-20-15-10-17(22-3)16(21-2)9-12(15)6-7-14(19)13-5-4-8-18-11-13/h4-5,8-11H,1-3H3. The largest absolute Gasteiger partial charge is 0.495 e. The van der Waals surface area contributed by atoms with E-state index >= 15 is 0 Å². The minimum atomic E-state index is -0.315. The van der Waals surface area contributed by atoms with Gasteiger partial charge in [0.05, 0.1) is 26.9 Å². The molecule has 0 spiro atoms. The van der Waals surface area contributed by atoms with E-state index in [2.05, 4.69) is 16.8 Å². The molecular weight excluding hydrogens is 282 g/mol. The number of nitrogens with zero attached hydrogens (tertiary/aromatic N) is 1. The lowest BCUT2D eigenvalue weighted by Gasteiger charge is -2.10. The molecule has 0 unspecified atom stereocenters. The number of methoxy groups -OCH3 is 3. The Morgan fingerprint density at radius 3 is 2.32 bits per heavy atom. The molecule has 0 saturated carbocycles. The van der Waals surface area contributed by atoms with Gasteiger partial charge in [0.15, 0.2) is 11.5 Å². The van der Waals surface area contributed by atoms with Crippen LogP contribution in [0.1, 0.15) is 15.9 Å². The highest BCUT2D eigenvalue weighted by molar-refractivity contribution is 6.09. The van der Waals surface area contributed by atoms with Crippen molar-refractivity contribution in [2.24, 2.45) is 0 Å². The molecule has 0 bridgehead atoms. The Morgan fingerprint density at radius 1 is 1.05 bits per heavy atom. The number of hydrogen-bond acceptors (Lipinski definition) is 5. The van der Waals surface area contributed by atoms with Crippen LogP contribution < -0.4 is 14.2 Å². The average molecular weight is 297 g/mol. The molecule has 1 aromatic carbocycles. The fourth-order valence-corrected chi connectivity index (χ4v) is 1.82. The first-order valence-corrected chi connectivity index (χ1v) is 6.46. The van der Waals surface area contributed by atoms with Crippen LogP contribution in [0.25, 0.3) is 0 Å². The molecule has 1 aromatic heterocycles. The summed E-state index contributed by atoms with van der Waals surface area (Å²) in [5.41, 5.74) is 0.979. The van der Waals surface area contributed by atoms with E-state index < -0.39 is 0 Å². The monoisotopic (exact) mass is 297 g/mol. The van der Waals surface area contributed by atoms with Gasteiger partial charge in [-0.3, -0.25) is 9.78 Å². The lowest BCUT2D eigenvalue weighted by atomic mass is 10.1. The number of carbonyl (C=O) groups excluding carboxylic acids is 1. The van der Waals surface area contributed by atoms with E-state index in [0.29, 0.717) is 28.4 Å². The van der Waals surface area contributed by atoms with E-state index in [0.717, 1.165) is 0 Å². The molecule has 5 heteroatoms. The third-order valence-corrected chi connectivity index (χ3v) is 2.94. The first-order valence-electron chi connectivity index (χ1n) is 6.46. The molecule has 0 radical (unpaired) electrons. The summed E-state index contributed by atoms with van der Waals surface area (Å²) in [6, 6.07) is 6.68. The van der Waals surface area contributed by atoms with Crippen LogP contribution in [0.4, 0.5) is 0 Å². The van der Waals surface area contributed by atoms with Crippen LogP contribution in [-0.2, 0) is 0 Å². The van der Waals surface area contributed by atoms with Crippen LogP contribution in [0.15, 0.2) is 36.7 Å². The van der Waals surface area contributed by atoms with Gasteiger partial charge in [-0.2, -0.15) is 0 Å². The van der Waals surface area contributed by atoms with Crippen molar-refractivity contribution >= 4 is 5.78 Å². The van der Waals surface area contributed by atoms with Gasteiger partial charge < -0.3 is 14.2 Å². The molecule has 112 valence electrons. The Morgan fingerprint density at radius 2 is 1.73 bits per heavy atom. The van der Waals surface area contributed by atoms with Crippen molar-refractivity contribution in [2.45, 2.75) is 0 Å². The normalized spacial score (nSPS) is 9.41. The fourth-order valence-electron chi connectivity index (χ4n) is 1.82. The van der Waals surface area contributed by atoms with Gasteiger partial charge in [-0.25, -0.2) is 0 Å². The number of benzene rings is 1. The topological polar surface area (TPSA) is 57.7 Å². The quantitative estimate of drug-likeness (QED) is 0.640. The number of ketones is 1. The Hall–Kier alpha value is -3.00. The lowest BCUT2D eigenvalue weighted by Crippen LogP contribution is -1.97. The minimum Gasteiger partial charge on any atom is -0.495 e. The van der Waals surface area contributed by atoms with Crippen molar-refractivity contribution in [3.63, 3.8) is 0 Å². The number of hydrogen-bond donors (Lipinski definition) is 0. The zero-order chi connectivity index (χ0) is 15.9. The van der Waals surface area contributed by atoms with Crippen LogP contribution in [0.3, 0.4) is 0 Å². The smallest absolute Gasteiger partial charge is 0.237 e. The minimum absolute atomic E-state index is 0.315. The predicted octanol–water partition coefficient (Wildman–Crippen LogP) is 2.34. The Labute approximate surface area is 128 Å². The van der Waals surface area contributed by atoms with Gasteiger partial charge in [0, 0.05) is 30.1 Å². The zero-order valence-electron chi connectivity index (χ0n) is 12.5. The molecule has 0 atom stereocenters. The summed E-state index contributed by atoms with van der Waals surface area (Å²) in [6.07, 6.45) is 3.07. The second-order valence-corrected chi connectivity index (χ2v) is 4.23. The van der Waals surface area contributed by atoms with Gasteiger partial charge in [-0.15, -0.1) is 0 Å². The number of carbonyl (C=O) groups is 1. The molecule has 2 aromatic rings. The van der Waals surface area contributed by atoms with E-state index in [4.69, 9.17) is 14.2 Å². The molecule has 0 aliphatic heterocycles. The second-order valence-electron chi connectivity index (χ2n) is 4.23. The second kappa shape index (κ2) is 7.14. The van der Waals surface area contributed by atoms with Gasteiger partial charge in [0.25, 0.3) is 0 Å². The fraction of sp³-hybridized carbons (Fsp3) is 0.176.